The van der Waals surface area contributed by atoms with Gasteiger partial charge in [0.2, 0.25) is 5.91 Å². The predicted octanol–water partition coefficient (Wildman–Crippen LogP) is 5.27. The van der Waals surface area contributed by atoms with Crippen LogP contribution >= 0.6 is 12.2 Å². The molecule has 2 fully saturated rings. The Labute approximate surface area is 229 Å². The van der Waals surface area contributed by atoms with Crippen molar-refractivity contribution in [2.24, 2.45) is 0 Å². The van der Waals surface area contributed by atoms with Crippen LogP contribution in [0, 0.1) is 0 Å². The van der Waals surface area contributed by atoms with Crippen molar-refractivity contribution in [2.75, 3.05) is 24.6 Å². The van der Waals surface area contributed by atoms with Crippen molar-refractivity contribution in [3.8, 4) is 5.75 Å². The molecule has 3 heterocycles. The van der Waals surface area contributed by atoms with Crippen LogP contribution in [0.1, 0.15) is 50.7 Å². The first-order valence-corrected chi connectivity index (χ1v) is 13.9. The topological polar surface area (TPSA) is 66.8 Å². The van der Waals surface area contributed by atoms with Gasteiger partial charge in [0.25, 0.3) is 5.91 Å². The number of carbonyl (C=O) groups excluding carboxylic acids is 2. The molecule has 2 saturated heterocycles. The van der Waals surface area contributed by atoms with Gasteiger partial charge in [0.05, 0.1) is 17.8 Å². The van der Waals surface area contributed by atoms with Gasteiger partial charge in [-0.15, -0.1) is 0 Å². The SMILES string of the molecule is CCOc1ccc(N2C(=O)/C(=C/c3cn(CC(=O)N4CCCCCC4)c4c(CC)cccc34)NC2=S)cc1. The molecule has 8 heteroatoms. The molecule has 0 radical (unpaired) electrons. The molecule has 5 rings (SSSR count). The second kappa shape index (κ2) is 11.4. The molecule has 7 nitrogen and oxygen atoms in total. The molecule has 0 bridgehead atoms. The number of amides is 2. The van der Waals surface area contributed by atoms with Crippen LogP contribution in [0.2, 0.25) is 0 Å². The Hall–Kier alpha value is -3.65. The van der Waals surface area contributed by atoms with Crippen LogP contribution in [0.5, 0.6) is 5.75 Å². The number of hydrogen-bond donors (Lipinski definition) is 1. The number of fused-ring (bicyclic) bond motifs is 1. The van der Waals surface area contributed by atoms with Crippen LogP contribution in [0.25, 0.3) is 17.0 Å². The normalized spacial score (nSPS) is 17.3. The first-order valence-electron chi connectivity index (χ1n) is 13.5. The number of likely N-dealkylation sites (tertiary alicyclic amines) is 1. The van der Waals surface area contributed by atoms with E-state index in [9.17, 15) is 9.59 Å². The Bertz CT molecular complexity index is 1380. The van der Waals surface area contributed by atoms with Crippen LogP contribution in [-0.2, 0) is 22.6 Å². The van der Waals surface area contributed by atoms with Gasteiger partial charge in [-0.2, -0.15) is 0 Å². The number of anilines is 1. The van der Waals surface area contributed by atoms with Gasteiger partial charge in [-0.3, -0.25) is 14.5 Å². The lowest BCUT2D eigenvalue weighted by Crippen LogP contribution is -2.34. The number of carbonyl (C=O) groups is 2. The second-order valence-corrected chi connectivity index (χ2v) is 10.1. The summed E-state index contributed by atoms with van der Waals surface area (Å²) in [5.74, 6) is 0.672. The third kappa shape index (κ3) is 5.18. The van der Waals surface area contributed by atoms with E-state index < -0.39 is 0 Å². The molecule has 38 heavy (non-hydrogen) atoms. The van der Waals surface area contributed by atoms with E-state index in [2.05, 4.69) is 28.9 Å². The smallest absolute Gasteiger partial charge is 0.281 e. The highest BCUT2D eigenvalue weighted by Crippen LogP contribution is 2.30. The quantitative estimate of drug-likeness (QED) is 0.333. The van der Waals surface area contributed by atoms with Crippen LogP contribution in [0.15, 0.2) is 54.4 Å². The number of benzene rings is 2. The van der Waals surface area contributed by atoms with Gasteiger partial charge in [0.15, 0.2) is 5.11 Å². The van der Waals surface area contributed by atoms with E-state index in [0.29, 0.717) is 23.1 Å². The van der Waals surface area contributed by atoms with Gasteiger partial charge in [0, 0.05) is 30.2 Å². The van der Waals surface area contributed by atoms with Crippen molar-refractivity contribution in [3.63, 3.8) is 0 Å². The largest absolute Gasteiger partial charge is 0.494 e. The van der Waals surface area contributed by atoms with Crippen molar-refractivity contribution in [1.29, 1.82) is 0 Å². The molecule has 2 aliphatic rings. The highest BCUT2D eigenvalue weighted by molar-refractivity contribution is 7.80. The van der Waals surface area contributed by atoms with E-state index in [1.165, 1.54) is 23.3 Å². The number of ether oxygens (including phenoxy) is 1. The molecule has 0 saturated carbocycles. The molecule has 0 spiro atoms. The van der Waals surface area contributed by atoms with Crippen molar-refractivity contribution in [3.05, 3.63) is 65.5 Å². The van der Waals surface area contributed by atoms with Crippen molar-refractivity contribution in [1.82, 2.24) is 14.8 Å². The lowest BCUT2D eigenvalue weighted by Gasteiger charge is -2.21. The Morgan fingerprint density at radius 1 is 1.05 bits per heavy atom. The van der Waals surface area contributed by atoms with Crippen molar-refractivity contribution >= 4 is 51.8 Å². The number of nitrogens with zero attached hydrogens (tertiary/aromatic N) is 3. The van der Waals surface area contributed by atoms with Gasteiger partial charge in [-0.25, -0.2) is 0 Å². The van der Waals surface area contributed by atoms with Gasteiger partial charge >= 0.3 is 0 Å². The summed E-state index contributed by atoms with van der Waals surface area (Å²) in [6.07, 6.45) is 9.18. The molecule has 0 atom stereocenters. The number of aryl methyl sites for hydroxylation is 1. The lowest BCUT2D eigenvalue weighted by atomic mass is 10.1. The Morgan fingerprint density at radius 2 is 1.79 bits per heavy atom. The van der Waals surface area contributed by atoms with Gasteiger partial charge in [0.1, 0.15) is 18.0 Å². The predicted molar refractivity (Wildman–Crippen MR) is 155 cm³/mol. The van der Waals surface area contributed by atoms with Gasteiger partial charge in [-0.05, 0) is 74.3 Å². The zero-order chi connectivity index (χ0) is 26.6. The van der Waals surface area contributed by atoms with Gasteiger partial charge in [-0.1, -0.05) is 38.0 Å². The van der Waals surface area contributed by atoms with Crippen LogP contribution in [0.4, 0.5) is 5.69 Å². The number of hydrogen-bond acceptors (Lipinski definition) is 4. The molecule has 0 unspecified atom stereocenters. The van der Waals surface area contributed by atoms with E-state index in [1.807, 2.05) is 54.4 Å². The fourth-order valence-electron chi connectivity index (χ4n) is 5.34. The summed E-state index contributed by atoms with van der Waals surface area (Å²) < 4.78 is 7.57. The molecule has 1 aromatic heterocycles. The molecule has 3 aromatic rings. The lowest BCUT2D eigenvalue weighted by molar-refractivity contribution is -0.131. The Balaban J connectivity index is 1.46. The molecular formula is C30H34N4O3S. The minimum Gasteiger partial charge on any atom is -0.494 e. The number of para-hydroxylation sites is 1. The average Bonchev–Trinajstić information content (AvgIpc) is 3.24. The third-order valence-electron chi connectivity index (χ3n) is 7.24. The molecule has 2 aliphatic heterocycles. The van der Waals surface area contributed by atoms with E-state index in [0.717, 1.165) is 54.6 Å². The molecular weight excluding hydrogens is 496 g/mol. The molecule has 1 N–H and O–H groups in total. The third-order valence-corrected chi connectivity index (χ3v) is 7.53. The van der Waals surface area contributed by atoms with Crippen LogP contribution in [0.3, 0.4) is 0 Å². The van der Waals surface area contributed by atoms with Gasteiger partial charge < -0.3 is 19.5 Å². The maximum atomic E-state index is 13.4. The number of nitrogens with one attached hydrogen (secondary N) is 1. The fraction of sp³-hybridized carbons (Fsp3) is 0.367. The van der Waals surface area contributed by atoms with E-state index in [-0.39, 0.29) is 18.4 Å². The first kappa shape index (κ1) is 26.0. The average molecular weight is 531 g/mol. The van der Waals surface area contributed by atoms with Crippen molar-refractivity contribution in [2.45, 2.75) is 52.5 Å². The Kier molecular flexibility index (Phi) is 7.79. The summed E-state index contributed by atoms with van der Waals surface area (Å²) in [4.78, 5) is 30.2. The van der Waals surface area contributed by atoms with E-state index >= 15 is 0 Å². The molecule has 2 amide bonds. The maximum absolute atomic E-state index is 13.4. The molecule has 2 aromatic carbocycles. The molecule has 198 valence electrons. The maximum Gasteiger partial charge on any atom is 0.281 e. The monoisotopic (exact) mass is 530 g/mol. The van der Waals surface area contributed by atoms with Crippen molar-refractivity contribution < 1.29 is 14.3 Å². The summed E-state index contributed by atoms with van der Waals surface area (Å²) >= 11 is 5.52. The fourth-order valence-corrected chi connectivity index (χ4v) is 5.64. The second-order valence-electron chi connectivity index (χ2n) is 9.73. The number of thiocarbonyl (C=S) groups is 1. The van der Waals surface area contributed by atoms with Crippen LogP contribution < -0.4 is 15.0 Å². The zero-order valence-electron chi connectivity index (χ0n) is 22.0. The minimum absolute atomic E-state index is 0.145. The standard InChI is InChI=1S/C30H34N4O3S/c1-3-21-10-9-11-25-22(19-33(28(21)25)20-27(35)32-16-7-5-6-8-17-32)18-26-29(36)34(30(38)31-26)23-12-14-24(15-13-23)37-4-2/h9-15,18-19H,3-8,16-17,20H2,1-2H3,(H,31,38)/b26-18-. The summed E-state index contributed by atoms with van der Waals surface area (Å²) in [6.45, 7) is 6.57. The summed E-state index contributed by atoms with van der Waals surface area (Å²) in [5.41, 5.74) is 4.18. The van der Waals surface area contributed by atoms with E-state index in [4.69, 9.17) is 17.0 Å². The van der Waals surface area contributed by atoms with E-state index in [1.54, 1.807) is 0 Å². The Morgan fingerprint density at radius 3 is 2.47 bits per heavy atom. The minimum atomic E-state index is -0.215. The zero-order valence-corrected chi connectivity index (χ0v) is 22.9. The first-order chi connectivity index (χ1) is 18.5. The number of rotatable bonds is 7. The molecule has 0 aliphatic carbocycles. The van der Waals surface area contributed by atoms with Crippen LogP contribution in [-0.4, -0.2) is 46.1 Å². The number of aromatic nitrogens is 1. The highest BCUT2D eigenvalue weighted by atomic mass is 32.1. The summed E-state index contributed by atoms with van der Waals surface area (Å²) in [5, 5.41) is 4.44. The summed E-state index contributed by atoms with van der Waals surface area (Å²) in [6, 6.07) is 13.5. The summed E-state index contributed by atoms with van der Waals surface area (Å²) in [7, 11) is 0. The highest BCUT2D eigenvalue weighted by Gasteiger charge is 2.32.